The molecule has 0 radical (unpaired) electrons. The Morgan fingerprint density at radius 2 is 2.30 bits per heavy atom. The first-order valence-electron chi connectivity index (χ1n) is 6.57. The van der Waals surface area contributed by atoms with Gasteiger partial charge in [0.1, 0.15) is 12.6 Å². The molecule has 1 aromatic rings. The molecule has 2 rings (SSSR count). The van der Waals surface area contributed by atoms with E-state index in [1.807, 2.05) is 0 Å². The second kappa shape index (κ2) is 5.98. The number of hydrogen-bond donors (Lipinski definition) is 1. The summed E-state index contributed by atoms with van der Waals surface area (Å²) in [7, 11) is 1.46. The molecule has 1 heterocycles. The first kappa shape index (κ1) is 14.4. The van der Waals surface area contributed by atoms with Crippen molar-refractivity contribution in [2.45, 2.75) is 25.9 Å². The summed E-state index contributed by atoms with van der Waals surface area (Å²) in [5, 5.41) is 0. The number of anilines is 1. The maximum absolute atomic E-state index is 13.5. The molecular weight excluding hydrogens is 261 g/mol. The van der Waals surface area contributed by atoms with E-state index in [0.717, 1.165) is 5.69 Å². The van der Waals surface area contributed by atoms with E-state index in [-0.39, 0.29) is 29.7 Å². The van der Waals surface area contributed by atoms with Crippen LogP contribution < -0.4 is 15.4 Å². The van der Waals surface area contributed by atoms with Crippen LogP contribution in [0, 0.1) is 5.82 Å². The number of ether oxygens (including phenoxy) is 2. The summed E-state index contributed by atoms with van der Waals surface area (Å²) in [6.45, 7) is 5.28. The SMILES string of the molecule is COc1cc(N(C[C@H]2COC(N)=N2)C(C)C)ccc1F. The van der Waals surface area contributed by atoms with Crippen LogP contribution in [0.15, 0.2) is 23.2 Å². The van der Waals surface area contributed by atoms with Gasteiger partial charge in [-0.2, -0.15) is 0 Å². The minimum absolute atomic E-state index is 0.00607. The smallest absolute Gasteiger partial charge is 0.282 e. The van der Waals surface area contributed by atoms with E-state index in [2.05, 4.69) is 23.7 Å². The minimum atomic E-state index is -0.369. The van der Waals surface area contributed by atoms with Crippen molar-refractivity contribution in [3.05, 3.63) is 24.0 Å². The molecule has 0 saturated heterocycles. The van der Waals surface area contributed by atoms with Gasteiger partial charge in [-0.3, -0.25) is 0 Å². The van der Waals surface area contributed by atoms with E-state index in [9.17, 15) is 4.39 Å². The molecule has 6 heteroatoms. The highest BCUT2D eigenvalue weighted by Crippen LogP contribution is 2.26. The molecule has 110 valence electrons. The molecule has 0 spiro atoms. The highest BCUT2D eigenvalue weighted by Gasteiger charge is 2.22. The summed E-state index contributed by atoms with van der Waals surface area (Å²) in [5.74, 6) is -0.134. The Hall–Kier alpha value is -1.98. The second-order valence-electron chi connectivity index (χ2n) is 5.00. The second-order valence-corrected chi connectivity index (χ2v) is 5.00. The standard InChI is InChI=1S/C14H20FN3O2/c1-9(2)18(7-10-8-20-14(16)17-10)11-4-5-12(15)13(6-11)19-3/h4-6,9-10H,7-8H2,1-3H3,(H2,16,17)/t10-/m0/s1. The lowest BCUT2D eigenvalue weighted by Gasteiger charge is -2.30. The van der Waals surface area contributed by atoms with Crippen LogP contribution in [0.3, 0.4) is 0 Å². The van der Waals surface area contributed by atoms with E-state index in [1.54, 1.807) is 12.1 Å². The monoisotopic (exact) mass is 281 g/mol. The number of nitrogens with two attached hydrogens (primary N) is 1. The summed E-state index contributed by atoms with van der Waals surface area (Å²) in [5.41, 5.74) is 6.41. The van der Waals surface area contributed by atoms with Crippen molar-refractivity contribution in [2.75, 3.05) is 25.2 Å². The molecule has 0 fully saturated rings. The maximum atomic E-state index is 13.5. The molecule has 1 atom stereocenters. The van der Waals surface area contributed by atoms with Crippen LogP contribution in [0.1, 0.15) is 13.8 Å². The molecule has 0 saturated carbocycles. The van der Waals surface area contributed by atoms with E-state index >= 15 is 0 Å². The number of halogens is 1. The van der Waals surface area contributed by atoms with Gasteiger partial charge in [0.15, 0.2) is 11.6 Å². The lowest BCUT2D eigenvalue weighted by molar-refractivity contribution is 0.312. The zero-order chi connectivity index (χ0) is 14.7. The Bertz CT molecular complexity index is 505. The fourth-order valence-electron chi connectivity index (χ4n) is 2.20. The van der Waals surface area contributed by atoms with Crippen molar-refractivity contribution in [1.29, 1.82) is 0 Å². The van der Waals surface area contributed by atoms with Crippen LogP contribution in [0.4, 0.5) is 10.1 Å². The Balaban J connectivity index is 2.20. The molecule has 0 amide bonds. The number of hydrogen-bond acceptors (Lipinski definition) is 5. The molecule has 1 aliphatic heterocycles. The minimum Gasteiger partial charge on any atom is -0.494 e. The first-order valence-corrected chi connectivity index (χ1v) is 6.57. The third kappa shape index (κ3) is 3.12. The van der Waals surface area contributed by atoms with Crippen molar-refractivity contribution in [2.24, 2.45) is 10.7 Å². The van der Waals surface area contributed by atoms with E-state index in [1.165, 1.54) is 13.2 Å². The molecule has 2 N–H and O–H groups in total. The van der Waals surface area contributed by atoms with E-state index in [4.69, 9.17) is 15.2 Å². The van der Waals surface area contributed by atoms with Crippen LogP contribution in [-0.4, -0.2) is 38.4 Å². The van der Waals surface area contributed by atoms with E-state index in [0.29, 0.717) is 13.2 Å². The summed E-state index contributed by atoms with van der Waals surface area (Å²) in [6, 6.07) is 5.30. The van der Waals surface area contributed by atoms with Crippen LogP contribution in [0.25, 0.3) is 0 Å². The molecule has 0 aliphatic carbocycles. The molecule has 0 bridgehead atoms. The van der Waals surface area contributed by atoms with E-state index < -0.39 is 0 Å². The number of rotatable bonds is 5. The normalized spacial score (nSPS) is 17.9. The van der Waals surface area contributed by atoms with Gasteiger partial charge in [-0.1, -0.05) is 0 Å². The van der Waals surface area contributed by atoms with Crippen molar-refractivity contribution < 1.29 is 13.9 Å². The van der Waals surface area contributed by atoms with Crippen LogP contribution in [0.2, 0.25) is 0 Å². The molecule has 20 heavy (non-hydrogen) atoms. The molecule has 0 aromatic heterocycles. The molecule has 1 aromatic carbocycles. The largest absolute Gasteiger partial charge is 0.494 e. The fourth-order valence-corrected chi connectivity index (χ4v) is 2.20. The van der Waals surface area contributed by atoms with Gasteiger partial charge in [-0.05, 0) is 26.0 Å². The fraction of sp³-hybridized carbons (Fsp3) is 0.500. The van der Waals surface area contributed by atoms with Crippen LogP contribution in [-0.2, 0) is 4.74 Å². The predicted octanol–water partition coefficient (Wildman–Crippen LogP) is 1.76. The topological polar surface area (TPSA) is 60.1 Å². The zero-order valence-electron chi connectivity index (χ0n) is 12.0. The number of benzene rings is 1. The van der Waals surface area contributed by atoms with Crippen molar-refractivity contribution in [3.8, 4) is 5.75 Å². The van der Waals surface area contributed by atoms with Crippen LogP contribution >= 0.6 is 0 Å². The van der Waals surface area contributed by atoms with Crippen molar-refractivity contribution >= 4 is 11.7 Å². The summed E-state index contributed by atoms with van der Waals surface area (Å²) in [4.78, 5) is 6.34. The lowest BCUT2D eigenvalue weighted by atomic mass is 10.2. The molecular formula is C14H20FN3O2. The highest BCUT2D eigenvalue weighted by atomic mass is 19.1. The number of nitrogens with zero attached hydrogens (tertiary/aromatic N) is 2. The Morgan fingerprint density at radius 3 is 2.85 bits per heavy atom. The molecule has 1 aliphatic rings. The maximum Gasteiger partial charge on any atom is 0.282 e. The number of aliphatic imine (C=N–C) groups is 1. The lowest BCUT2D eigenvalue weighted by Crippen LogP contribution is -2.37. The van der Waals surface area contributed by atoms with Gasteiger partial charge in [0.25, 0.3) is 6.02 Å². The molecule has 0 unspecified atom stereocenters. The van der Waals surface area contributed by atoms with Crippen LogP contribution in [0.5, 0.6) is 5.75 Å². The summed E-state index contributed by atoms with van der Waals surface area (Å²) >= 11 is 0. The van der Waals surface area contributed by atoms with Gasteiger partial charge in [0, 0.05) is 24.3 Å². The van der Waals surface area contributed by atoms with Gasteiger partial charge in [0.2, 0.25) is 0 Å². The van der Waals surface area contributed by atoms with Gasteiger partial charge in [-0.25, -0.2) is 9.38 Å². The summed E-state index contributed by atoms with van der Waals surface area (Å²) in [6.07, 6.45) is 0. The first-order chi connectivity index (χ1) is 9.51. The van der Waals surface area contributed by atoms with Gasteiger partial charge >= 0.3 is 0 Å². The Morgan fingerprint density at radius 1 is 1.55 bits per heavy atom. The Labute approximate surface area is 118 Å². The molecule has 5 nitrogen and oxygen atoms in total. The third-order valence-electron chi connectivity index (χ3n) is 3.23. The summed E-state index contributed by atoms with van der Waals surface area (Å²) < 4.78 is 23.7. The van der Waals surface area contributed by atoms with Crippen molar-refractivity contribution in [3.63, 3.8) is 0 Å². The quantitative estimate of drug-likeness (QED) is 0.893. The highest BCUT2D eigenvalue weighted by molar-refractivity contribution is 5.73. The average molecular weight is 281 g/mol. The third-order valence-corrected chi connectivity index (χ3v) is 3.23. The number of amidine groups is 1. The number of methoxy groups -OCH3 is 1. The van der Waals surface area contributed by atoms with Gasteiger partial charge in [0.05, 0.1) is 7.11 Å². The predicted molar refractivity (Wildman–Crippen MR) is 76.8 cm³/mol. The van der Waals surface area contributed by atoms with Crippen molar-refractivity contribution in [1.82, 2.24) is 0 Å². The van der Waals surface area contributed by atoms with Gasteiger partial charge in [-0.15, -0.1) is 0 Å². The van der Waals surface area contributed by atoms with Gasteiger partial charge < -0.3 is 20.1 Å². The Kier molecular flexibility index (Phi) is 4.32. The average Bonchev–Trinajstić information content (AvgIpc) is 2.82. The zero-order valence-corrected chi connectivity index (χ0v) is 12.0.